The van der Waals surface area contributed by atoms with Gasteiger partial charge in [-0.2, -0.15) is 0 Å². The Hall–Kier alpha value is -2.86. The lowest BCUT2D eigenvalue weighted by Gasteiger charge is -2.32. The van der Waals surface area contributed by atoms with Crippen molar-refractivity contribution in [3.8, 4) is 11.5 Å². The van der Waals surface area contributed by atoms with E-state index in [0.29, 0.717) is 24.5 Å². The van der Waals surface area contributed by atoms with Gasteiger partial charge in [0.1, 0.15) is 0 Å². The van der Waals surface area contributed by atoms with Crippen molar-refractivity contribution in [1.29, 1.82) is 0 Å². The van der Waals surface area contributed by atoms with E-state index < -0.39 is 21.3 Å². The lowest BCUT2D eigenvalue weighted by atomic mass is 9.83. The first kappa shape index (κ1) is 28.2. The molecule has 0 aromatic heterocycles. The first-order chi connectivity index (χ1) is 18.2. The zero-order valence-corrected chi connectivity index (χ0v) is 23.0. The minimum atomic E-state index is -4.30. The molecule has 1 heterocycles. The number of amides is 1. The summed E-state index contributed by atoms with van der Waals surface area (Å²) >= 11 is 13.2. The molecule has 1 atom stereocenters. The number of benzene rings is 3. The van der Waals surface area contributed by atoms with Gasteiger partial charge in [-0.1, -0.05) is 41.4 Å². The van der Waals surface area contributed by atoms with Crippen molar-refractivity contribution in [2.45, 2.75) is 15.3 Å². The number of carbonyl (C=O) groups is 1. The highest BCUT2D eigenvalue weighted by Crippen LogP contribution is 2.49. The van der Waals surface area contributed by atoms with Gasteiger partial charge in [0.2, 0.25) is 9.84 Å². The largest absolute Gasteiger partial charge is 0.493 e. The average Bonchev–Trinajstić information content (AvgIpc) is 3.19. The Morgan fingerprint density at radius 2 is 1.71 bits per heavy atom. The van der Waals surface area contributed by atoms with Gasteiger partial charge < -0.3 is 25.3 Å². The van der Waals surface area contributed by atoms with E-state index in [1.807, 2.05) is 0 Å². The van der Waals surface area contributed by atoms with Crippen molar-refractivity contribution in [1.82, 2.24) is 5.32 Å². The molecule has 0 radical (unpaired) electrons. The summed E-state index contributed by atoms with van der Waals surface area (Å²) in [5.41, 5.74) is 4.60. The lowest BCUT2D eigenvalue weighted by molar-refractivity contribution is -0.120. The minimum absolute atomic E-state index is 0.0624. The van der Waals surface area contributed by atoms with E-state index in [9.17, 15) is 13.2 Å². The molecule has 9 nitrogen and oxygen atoms in total. The fraction of sp³-hybridized carbons (Fsp3) is 0.269. The molecule has 4 rings (SSSR count). The summed E-state index contributed by atoms with van der Waals surface area (Å²) in [4.78, 5) is 13.4. The molecule has 1 amide bonds. The number of sulfone groups is 1. The van der Waals surface area contributed by atoms with Gasteiger partial charge >= 0.3 is 0 Å². The molecule has 4 N–H and O–H groups in total. The normalized spacial score (nSPS) is 16.7. The van der Waals surface area contributed by atoms with E-state index in [1.165, 1.54) is 38.5 Å². The lowest BCUT2D eigenvalue weighted by Crippen LogP contribution is -2.51. The van der Waals surface area contributed by atoms with Crippen LogP contribution in [0.2, 0.25) is 10.0 Å². The Kier molecular flexibility index (Phi) is 8.51. The third-order valence-electron chi connectivity index (χ3n) is 6.18. The highest BCUT2D eigenvalue weighted by molar-refractivity contribution is 7.91. The van der Waals surface area contributed by atoms with E-state index in [0.717, 1.165) is 0 Å². The first-order valence-corrected chi connectivity index (χ1v) is 13.9. The van der Waals surface area contributed by atoms with Crippen LogP contribution in [0.3, 0.4) is 0 Å². The highest BCUT2D eigenvalue weighted by atomic mass is 35.5. The van der Waals surface area contributed by atoms with Crippen LogP contribution in [-0.2, 0) is 24.9 Å². The van der Waals surface area contributed by atoms with Crippen LogP contribution in [0, 0.1) is 0 Å². The van der Waals surface area contributed by atoms with Crippen LogP contribution in [0.15, 0.2) is 64.4 Å². The molecule has 202 valence electrons. The van der Waals surface area contributed by atoms with Gasteiger partial charge in [0, 0.05) is 41.0 Å². The topological polar surface area (TPSA) is 129 Å². The molecule has 0 bridgehead atoms. The second-order valence-corrected chi connectivity index (χ2v) is 11.0. The van der Waals surface area contributed by atoms with Gasteiger partial charge in [0.25, 0.3) is 5.91 Å². The Morgan fingerprint density at radius 1 is 0.974 bits per heavy atom. The number of carbonyl (C=O) groups excluding carboxylic acids is 1. The second kappa shape index (κ2) is 11.5. The van der Waals surface area contributed by atoms with Crippen molar-refractivity contribution in [2.24, 2.45) is 5.73 Å². The summed E-state index contributed by atoms with van der Waals surface area (Å²) < 4.78 is 44.4. The third-order valence-corrected chi connectivity index (χ3v) is 8.78. The van der Waals surface area contributed by atoms with Crippen molar-refractivity contribution < 1.29 is 27.4 Å². The molecule has 1 unspecified atom stereocenters. The van der Waals surface area contributed by atoms with Crippen LogP contribution < -0.4 is 25.8 Å². The number of halogens is 2. The van der Waals surface area contributed by atoms with Crippen LogP contribution in [0.4, 0.5) is 5.69 Å². The van der Waals surface area contributed by atoms with Gasteiger partial charge in [-0.15, -0.1) is 0 Å². The number of nitrogens with one attached hydrogen (secondary N) is 2. The second-order valence-electron chi connectivity index (χ2n) is 8.33. The van der Waals surface area contributed by atoms with Crippen LogP contribution in [-0.4, -0.2) is 54.8 Å². The SMILES string of the molecule is COc1ccc(S(=O)(=O)c2c(Cl)ccc3c2C(NCCOCCN)(c2ccccc2Cl)C(=O)N3)cc1OC. The van der Waals surface area contributed by atoms with Crippen molar-refractivity contribution in [3.05, 3.63) is 75.8 Å². The van der Waals surface area contributed by atoms with Crippen LogP contribution in [0.1, 0.15) is 11.1 Å². The molecule has 3 aromatic rings. The average molecular weight is 580 g/mol. The predicted molar refractivity (Wildman–Crippen MR) is 145 cm³/mol. The molecule has 0 saturated carbocycles. The molecule has 38 heavy (non-hydrogen) atoms. The van der Waals surface area contributed by atoms with E-state index in [-0.39, 0.29) is 50.0 Å². The summed E-state index contributed by atoms with van der Waals surface area (Å²) in [7, 11) is -1.44. The smallest absolute Gasteiger partial charge is 0.254 e. The fourth-order valence-corrected chi connectivity index (χ4v) is 6.85. The Bertz CT molecular complexity index is 1470. The van der Waals surface area contributed by atoms with E-state index in [4.69, 9.17) is 43.1 Å². The highest BCUT2D eigenvalue weighted by Gasteiger charge is 2.52. The standard InChI is InChI=1S/C26H27Cl2N3O6S/c1-35-21-10-7-16(15-22(21)36-2)38(33,34)24-19(28)8-9-20-23(24)26(25(32)31-20,30-12-14-37-13-11-29)17-5-3-4-6-18(17)27/h3-10,15,30H,11-14,29H2,1-2H3,(H,31,32). The van der Waals surface area contributed by atoms with Crippen molar-refractivity contribution >= 4 is 44.6 Å². The number of fused-ring (bicyclic) bond motifs is 1. The molecule has 0 spiro atoms. The Labute approximate surface area is 231 Å². The maximum Gasteiger partial charge on any atom is 0.254 e. The number of ether oxygens (including phenoxy) is 3. The monoisotopic (exact) mass is 579 g/mol. The molecule has 12 heteroatoms. The maximum absolute atomic E-state index is 14.2. The molecule has 0 saturated heterocycles. The van der Waals surface area contributed by atoms with Gasteiger partial charge in [0.05, 0.1) is 42.2 Å². The molecule has 1 aliphatic heterocycles. The maximum atomic E-state index is 14.2. The van der Waals surface area contributed by atoms with Crippen molar-refractivity contribution in [3.63, 3.8) is 0 Å². The molecule has 0 aliphatic carbocycles. The quantitative estimate of drug-likeness (QED) is 0.294. The van der Waals surface area contributed by atoms with Crippen molar-refractivity contribution in [2.75, 3.05) is 45.8 Å². The van der Waals surface area contributed by atoms with E-state index in [2.05, 4.69) is 10.6 Å². The van der Waals surface area contributed by atoms with Crippen LogP contribution in [0.25, 0.3) is 0 Å². The fourth-order valence-electron chi connectivity index (χ4n) is 4.51. The van der Waals surface area contributed by atoms with Crippen LogP contribution >= 0.6 is 23.2 Å². The number of hydrogen-bond acceptors (Lipinski definition) is 8. The summed E-state index contributed by atoms with van der Waals surface area (Å²) in [6.07, 6.45) is 0. The zero-order chi connectivity index (χ0) is 27.5. The molecule has 0 fully saturated rings. The molecule has 3 aromatic carbocycles. The first-order valence-electron chi connectivity index (χ1n) is 11.6. The number of anilines is 1. The summed E-state index contributed by atoms with van der Waals surface area (Å²) in [5.74, 6) is 0.0710. The number of hydrogen-bond donors (Lipinski definition) is 3. The third kappa shape index (κ3) is 4.84. The van der Waals surface area contributed by atoms with Gasteiger partial charge in [-0.3, -0.25) is 10.1 Å². The Balaban J connectivity index is 1.97. The van der Waals surface area contributed by atoms with E-state index in [1.54, 1.807) is 30.3 Å². The minimum Gasteiger partial charge on any atom is -0.493 e. The molecule has 1 aliphatic rings. The predicted octanol–water partition coefficient (Wildman–Crippen LogP) is 3.60. The summed E-state index contributed by atoms with van der Waals surface area (Å²) in [5, 5.41) is 6.23. The number of rotatable bonds is 11. The Morgan fingerprint density at radius 3 is 2.39 bits per heavy atom. The zero-order valence-electron chi connectivity index (χ0n) is 20.7. The van der Waals surface area contributed by atoms with E-state index >= 15 is 0 Å². The van der Waals surface area contributed by atoms with Gasteiger partial charge in [0.15, 0.2) is 17.0 Å². The number of nitrogens with two attached hydrogens (primary N) is 1. The van der Waals surface area contributed by atoms with Gasteiger partial charge in [-0.05, 0) is 30.3 Å². The molecular weight excluding hydrogens is 553 g/mol. The summed E-state index contributed by atoms with van der Waals surface area (Å²) in [6.45, 7) is 1.06. The van der Waals surface area contributed by atoms with Gasteiger partial charge in [-0.25, -0.2) is 8.42 Å². The number of methoxy groups -OCH3 is 2. The molecular formula is C26H27Cl2N3O6S. The van der Waals surface area contributed by atoms with Crippen LogP contribution in [0.5, 0.6) is 11.5 Å². The summed E-state index contributed by atoms with van der Waals surface area (Å²) in [6, 6.07) is 13.9.